The molecule has 9 heteroatoms. The van der Waals surface area contributed by atoms with Crippen molar-refractivity contribution in [3.8, 4) is 0 Å². The Morgan fingerprint density at radius 3 is 2.90 bits per heavy atom. The average Bonchev–Trinajstić information content (AvgIpc) is 2.80. The van der Waals surface area contributed by atoms with Gasteiger partial charge in [0.05, 0.1) is 12.7 Å². The molecular weight excluding hydrogens is 289 g/mol. The summed E-state index contributed by atoms with van der Waals surface area (Å²) in [6.45, 7) is 0.0756. The average molecular weight is 296 g/mol. The molecule has 3 aromatic heterocycles. The number of aromatic nitrogens is 5. The lowest BCUT2D eigenvalue weighted by atomic mass is 10.3. The summed E-state index contributed by atoms with van der Waals surface area (Å²) in [5.41, 5.74) is -0.492. The van der Waals surface area contributed by atoms with Gasteiger partial charge in [0.15, 0.2) is 5.15 Å². The van der Waals surface area contributed by atoms with Crippen molar-refractivity contribution in [1.82, 2.24) is 24.1 Å². The van der Waals surface area contributed by atoms with Crippen LogP contribution in [0.5, 0.6) is 0 Å². The number of aromatic amines is 1. The summed E-state index contributed by atoms with van der Waals surface area (Å²) in [7, 11) is 0. The SMILES string of the molecule is O=c1[nH]c(=O)n(Cc2cc3c(Cl)ncnn3c2)cc1F. The first-order chi connectivity index (χ1) is 9.54. The molecule has 0 spiro atoms. The van der Waals surface area contributed by atoms with Crippen LogP contribution in [0, 0.1) is 5.82 Å². The minimum Gasteiger partial charge on any atom is -0.293 e. The van der Waals surface area contributed by atoms with Crippen LogP contribution < -0.4 is 11.2 Å². The molecule has 3 heterocycles. The van der Waals surface area contributed by atoms with Crippen LogP contribution in [0.3, 0.4) is 0 Å². The monoisotopic (exact) mass is 295 g/mol. The number of nitrogens with zero attached hydrogens (tertiary/aromatic N) is 4. The molecule has 0 bridgehead atoms. The molecule has 0 atom stereocenters. The van der Waals surface area contributed by atoms with Crippen molar-refractivity contribution in [2.24, 2.45) is 0 Å². The normalized spacial score (nSPS) is 11.1. The fourth-order valence-electron chi connectivity index (χ4n) is 1.84. The first-order valence-electron chi connectivity index (χ1n) is 5.51. The summed E-state index contributed by atoms with van der Waals surface area (Å²) >= 11 is 5.90. The van der Waals surface area contributed by atoms with Crippen LogP contribution in [-0.2, 0) is 6.54 Å². The van der Waals surface area contributed by atoms with Crippen molar-refractivity contribution in [1.29, 1.82) is 0 Å². The van der Waals surface area contributed by atoms with Gasteiger partial charge in [0.25, 0.3) is 5.56 Å². The molecule has 0 amide bonds. The van der Waals surface area contributed by atoms with Gasteiger partial charge in [-0.05, 0) is 11.6 Å². The van der Waals surface area contributed by atoms with Gasteiger partial charge in [-0.1, -0.05) is 11.6 Å². The van der Waals surface area contributed by atoms with Gasteiger partial charge in [-0.3, -0.25) is 14.3 Å². The fourth-order valence-corrected chi connectivity index (χ4v) is 2.02. The Balaban J connectivity index is 2.05. The quantitative estimate of drug-likeness (QED) is 0.742. The van der Waals surface area contributed by atoms with E-state index in [1.54, 1.807) is 12.3 Å². The van der Waals surface area contributed by atoms with Crippen LogP contribution >= 0.6 is 11.6 Å². The number of fused-ring (bicyclic) bond motifs is 1. The Labute approximate surface area is 115 Å². The first-order valence-corrected chi connectivity index (χ1v) is 5.89. The maximum absolute atomic E-state index is 13.2. The highest BCUT2D eigenvalue weighted by Crippen LogP contribution is 2.16. The number of hydrogen-bond donors (Lipinski definition) is 1. The zero-order chi connectivity index (χ0) is 14.3. The maximum atomic E-state index is 13.2. The van der Waals surface area contributed by atoms with E-state index in [1.807, 2.05) is 4.98 Å². The van der Waals surface area contributed by atoms with Crippen LogP contribution in [-0.4, -0.2) is 24.1 Å². The van der Waals surface area contributed by atoms with Crippen molar-refractivity contribution in [3.63, 3.8) is 0 Å². The summed E-state index contributed by atoms with van der Waals surface area (Å²) in [5.74, 6) is -1.02. The summed E-state index contributed by atoms with van der Waals surface area (Å²) in [6, 6.07) is 1.68. The van der Waals surface area contributed by atoms with Crippen LogP contribution in [0.4, 0.5) is 4.39 Å². The molecule has 7 nitrogen and oxygen atoms in total. The second-order valence-corrected chi connectivity index (χ2v) is 4.45. The molecule has 0 aromatic carbocycles. The molecule has 3 aromatic rings. The van der Waals surface area contributed by atoms with Crippen molar-refractivity contribution < 1.29 is 4.39 Å². The zero-order valence-electron chi connectivity index (χ0n) is 9.88. The summed E-state index contributed by atoms with van der Waals surface area (Å²) in [6.07, 6.45) is 3.79. The highest BCUT2D eigenvalue weighted by Gasteiger charge is 2.08. The van der Waals surface area contributed by atoms with Gasteiger partial charge in [0.1, 0.15) is 11.8 Å². The van der Waals surface area contributed by atoms with Crippen molar-refractivity contribution in [2.45, 2.75) is 6.54 Å². The number of H-pyrrole nitrogens is 1. The Bertz CT molecular complexity index is 913. The molecule has 0 aliphatic rings. The molecule has 0 saturated heterocycles. The number of hydrogen-bond acceptors (Lipinski definition) is 4. The molecule has 102 valence electrons. The number of halogens is 2. The lowest BCUT2D eigenvalue weighted by Crippen LogP contribution is -2.31. The molecule has 1 N–H and O–H groups in total. The highest BCUT2D eigenvalue weighted by atomic mass is 35.5. The molecule has 20 heavy (non-hydrogen) atoms. The summed E-state index contributed by atoms with van der Waals surface area (Å²) in [4.78, 5) is 28.2. The van der Waals surface area contributed by atoms with Crippen molar-refractivity contribution in [3.05, 3.63) is 62.2 Å². The zero-order valence-corrected chi connectivity index (χ0v) is 10.6. The summed E-state index contributed by atoms with van der Waals surface area (Å²) < 4.78 is 15.7. The lowest BCUT2D eigenvalue weighted by Gasteiger charge is -2.02. The van der Waals surface area contributed by atoms with E-state index in [9.17, 15) is 14.0 Å². The van der Waals surface area contributed by atoms with Crippen molar-refractivity contribution >= 4 is 17.1 Å². The minimum atomic E-state index is -1.04. The topological polar surface area (TPSA) is 85.0 Å². The maximum Gasteiger partial charge on any atom is 0.328 e. The minimum absolute atomic E-state index is 0.0756. The van der Waals surface area contributed by atoms with Crippen LogP contribution in [0.1, 0.15) is 5.56 Å². The van der Waals surface area contributed by atoms with Gasteiger partial charge in [-0.25, -0.2) is 14.3 Å². The Morgan fingerprint density at radius 2 is 2.15 bits per heavy atom. The van der Waals surface area contributed by atoms with E-state index in [1.165, 1.54) is 10.8 Å². The van der Waals surface area contributed by atoms with Gasteiger partial charge >= 0.3 is 5.69 Å². The molecule has 0 unspecified atom stereocenters. The number of nitrogens with one attached hydrogen (secondary N) is 1. The molecule has 0 aliphatic heterocycles. The van der Waals surface area contributed by atoms with Gasteiger partial charge in [0.2, 0.25) is 5.82 Å². The van der Waals surface area contributed by atoms with Gasteiger partial charge < -0.3 is 0 Å². The van der Waals surface area contributed by atoms with Crippen molar-refractivity contribution in [2.75, 3.05) is 0 Å². The largest absolute Gasteiger partial charge is 0.328 e. The fraction of sp³-hybridized carbons (Fsp3) is 0.0909. The predicted molar refractivity (Wildman–Crippen MR) is 68.4 cm³/mol. The molecule has 3 rings (SSSR count). The van der Waals surface area contributed by atoms with E-state index >= 15 is 0 Å². The molecule has 0 saturated carbocycles. The second-order valence-electron chi connectivity index (χ2n) is 4.09. The Hall–Kier alpha value is -2.48. The smallest absolute Gasteiger partial charge is 0.293 e. The standard InChI is InChI=1S/C11H7ClFN5O2/c12-9-8-1-6(3-18(8)15-5-14-9)2-17-4-7(13)10(19)16-11(17)20/h1,3-5H,2H2,(H,16,19,20). The third kappa shape index (κ3) is 2.10. The van der Waals surface area contributed by atoms with E-state index < -0.39 is 17.1 Å². The third-order valence-electron chi connectivity index (χ3n) is 2.74. The van der Waals surface area contributed by atoms with Gasteiger partial charge in [-0.15, -0.1) is 0 Å². The van der Waals surface area contributed by atoms with Gasteiger partial charge in [-0.2, -0.15) is 9.49 Å². The number of rotatable bonds is 2. The lowest BCUT2D eigenvalue weighted by molar-refractivity contribution is 0.566. The molecule has 0 aliphatic carbocycles. The molecule has 0 fully saturated rings. The van der Waals surface area contributed by atoms with Crippen LogP contribution in [0.2, 0.25) is 5.15 Å². The predicted octanol–water partition coefficient (Wildman–Crippen LogP) is 0.420. The van der Waals surface area contributed by atoms with E-state index in [2.05, 4.69) is 10.1 Å². The van der Waals surface area contributed by atoms with Gasteiger partial charge in [0, 0.05) is 6.20 Å². The first kappa shape index (κ1) is 12.5. The van der Waals surface area contributed by atoms with Crippen LogP contribution in [0.15, 0.2) is 34.4 Å². The van der Waals surface area contributed by atoms with Crippen LogP contribution in [0.25, 0.3) is 5.52 Å². The Kier molecular flexibility index (Phi) is 2.87. The summed E-state index contributed by atoms with van der Waals surface area (Å²) in [5, 5.41) is 4.23. The Morgan fingerprint density at radius 1 is 1.35 bits per heavy atom. The second kappa shape index (κ2) is 4.57. The highest BCUT2D eigenvalue weighted by molar-refractivity contribution is 6.32. The van der Waals surface area contributed by atoms with E-state index in [0.29, 0.717) is 11.1 Å². The molecular formula is C11H7ClFN5O2. The van der Waals surface area contributed by atoms with E-state index in [4.69, 9.17) is 11.6 Å². The third-order valence-corrected chi connectivity index (χ3v) is 3.03. The molecule has 0 radical (unpaired) electrons. The van der Waals surface area contributed by atoms with E-state index in [-0.39, 0.29) is 11.7 Å². The van der Waals surface area contributed by atoms with E-state index in [0.717, 1.165) is 10.8 Å².